The minimum absolute atomic E-state index is 0.0749. The molecule has 0 saturated carbocycles. The Morgan fingerprint density at radius 3 is 2.43 bits per heavy atom. The standard InChI is InChI=1S/C19H25NO3/c1-13-5-8-16(9-6-13)11-14(2)18(21)20-12-19(4,22)17-10-7-15(3)23-17/h5-10,14,22H,11-12H2,1-4H3,(H,20,21). The highest BCUT2D eigenvalue weighted by atomic mass is 16.4. The zero-order valence-corrected chi connectivity index (χ0v) is 14.2. The highest BCUT2D eigenvalue weighted by Gasteiger charge is 2.28. The van der Waals surface area contributed by atoms with Crippen LogP contribution < -0.4 is 5.32 Å². The van der Waals surface area contributed by atoms with E-state index >= 15 is 0 Å². The van der Waals surface area contributed by atoms with E-state index in [4.69, 9.17) is 4.42 Å². The lowest BCUT2D eigenvalue weighted by atomic mass is 9.98. The minimum Gasteiger partial charge on any atom is -0.463 e. The van der Waals surface area contributed by atoms with E-state index in [9.17, 15) is 9.90 Å². The van der Waals surface area contributed by atoms with Crippen LogP contribution in [0, 0.1) is 19.8 Å². The van der Waals surface area contributed by atoms with Gasteiger partial charge in [0.1, 0.15) is 17.1 Å². The Hall–Kier alpha value is -2.07. The van der Waals surface area contributed by atoms with Gasteiger partial charge in [0.25, 0.3) is 0 Å². The average molecular weight is 315 g/mol. The normalized spacial score (nSPS) is 15.0. The third kappa shape index (κ3) is 4.70. The third-order valence-electron chi connectivity index (χ3n) is 3.99. The first-order valence-corrected chi connectivity index (χ1v) is 7.90. The summed E-state index contributed by atoms with van der Waals surface area (Å²) in [6, 6.07) is 11.7. The zero-order chi connectivity index (χ0) is 17.0. The third-order valence-corrected chi connectivity index (χ3v) is 3.99. The number of carbonyl (C=O) groups is 1. The minimum atomic E-state index is -1.21. The van der Waals surface area contributed by atoms with Gasteiger partial charge in [-0.2, -0.15) is 0 Å². The van der Waals surface area contributed by atoms with Gasteiger partial charge in [-0.25, -0.2) is 0 Å². The first-order chi connectivity index (χ1) is 10.8. The van der Waals surface area contributed by atoms with Gasteiger partial charge in [0.05, 0.1) is 6.54 Å². The van der Waals surface area contributed by atoms with Crippen molar-refractivity contribution in [3.8, 4) is 0 Å². The van der Waals surface area contributed by atoms with Gasteiger partial charge in [-0.3, -0.25) is 4.79 Å². The van der Waals surface area contributed by atoms with Gasteiger partial charge in [-0.15, -0.1) is 0 Å². The fourth-order valence-electron chi connectivity index (χ4n) is 2.41. The lowest BCUT2D eigenvalue weighted by Crippen LogP contribution is -2.40. The maximum Gasteiger partial charge on any atom is 0.223 e. The number of amides is 1. The maximum absolute atomic E-state index is 12.2. The van der Waals surface area contributed by atoms with E-state index in [2.05, 4.69) is 5.32 Å². The van der Waals surface area contributed by atoms with E-state index in [1.54, 1.807) is 19.1 Å². The second-order valence-corrected chi connectivity index (χ2v) is 6.49. The molecule has 4 nitrogen and oxygen atoms in total. The zero-order valence-electron chi connectivity index (χ0n) is 14.2. The van der Waals surface area contributed by atoms with Crippen LogP contribution >= 0.6 is 0 Å². The summed E-state index contributed by atoms with van der Waals surface area (Å²) in [5.74, 6) is 0.960. The highest BCUT2D eigenvalue weighted by Crippen LogP contribution is 2.22. The number of rotatable bonds is 6. The van der Waals surface area contributed by atoms with E-state index in [0.717, 1.165) is 11.3 Å². The summed E-state index contributed by atoms with van der Waals surface area (Å²) >= 11 is 0. The van der Waals surface area contributed by atoms with Crippen LogP contribution in [0.15, 0.2) is 40.8 Å². The molecule has 0 saturated heterocycles. The van der Waals surface area contributed by atoms with E-state index < -0.39 is 5.60 Å². The van der Waals surface area contributed by atoms with Crippen molar-refractivity contribution < 1.29 is 14.3 Å². The molecule has 1 aromatic carbocycles. The van der Waals surface area contributed by atoms with Crippen molar-refractivity contribution in [2.75, 3.05) is 6.54 Å². The first-order valence-electron chi connectivity index (χ1n) is 7.90. The number of hydrogen-bond acceptors (Lipinski definition) is 3. The molecule has 0 spiro atoms. The number of furan rings is 1. The summed E-state index contributed by atoms with van der Waals surface area (Å²) in [5, 5.41) is 13.3. The summed E-state index contributed by atoms with van der Waals surface area (Å²) in [4.78, 5) is 12.2. The topological polar surface area (TPSA) is 62.5 Å². The van der Waals surface area contributed by atoms with Gasteiger partial charge in [0.2, 0.25) is 5.91 Å². The SMILES string of the molecule is Cc1ccc(CC(C)C(=O)NCC(C)(O)c2ccc(C)o2)cc1. The molecule has 23 heavy (non-hydrogen) atoms. The lowest BCUT2D eigenvalue weighted by Gasteiger charge is -2.22. The molecule has 2 rings (SSSR count). The fourth-order valence-corrected chi connectivity index (χ4v) is 2.41. The average Bonchev–Trinajstić information content (AvgIpc) is 2.94. The van der Waals surface area contributed by atoms with Gasteiger partial charge in [0.15, 0.2) is 0 Å². The molecule has 4 heteroatoms. The van der Waals surface area contributed by atoms with Crippen molar-refractivity contribution in [1.29, 1.82) is 0 Å². The number of aliphatic hydroxyl groups is 1. The van der Waals surface area contributed by atoms with E-state index in [1.165, 1.54) is 5.56 Å². The second-order valence-electron chi connectivity index (χ2n) is 6.49. The number of carbonyl (C=O) groups excluding carboxylic acids is 1. The van der Waals surface area contributed by atoms with Gasteiger partial charge < -0.3 is 14.8 Å². The summed E-state index contributed by atoms with van der Waals surface area (Å²) < 4.78 is 5.45. The van der Waals surface area contributed by atoms with E-state index in [1.807, 2.05) is 45.0 Å². The maximum atomic E-state index is 12.2. The Balaban J connectivity index is 1.89. The molecule has 1 heterocycles. The second kappa shape index (κ2) is 7.01. The van der Waals surface area contributed by atoms with E-state index in [0.29, 0.717) is 12.2 Å². The van der Waals surface area contributed by atoms with Crippen LogP contribution in [-0.4, -0.2) is 17.6 Å². The van der Waals surface area contributed by atoms with Crippen LogP contribution in [0.2, 0.25) is 0 Å². The summed E-state index contributed by atoms with van der Waals surface area (Å²) in [7, 11) is 0. The molecular formula is C19H25NO3. The van der Waals surface area contributed by atoms with Gasteiger partial charge in [-0.05, 0) is 44.9 Å². The van der Waals surface area contributed by atoms with Gasteiger partial charge >= 0.3 is 0 Å². The number of hydrogen-bond donors (Lipinski definition) is 2. The van der Waals surface area contributed by atoms with Crippen molar-refractivity contribution in [2.24, 2.45) is 5.92 Å². The smallest absolute Gasteiger partial charge is 0.223 e. The highest BCUT2D eigenvalue weighted by molar-refractivity contribution is 5.78. The Morgan fingerprint density at radius 1 is 1.22 bits per heavy atom. The quantitative estimate of drug-likeness (QED) is 0.861. The Kier molecular flexibility index (Phi) is 5.26. The van der Waals surface area contributed by atoms with Crippen LogP contribution in [0.5, 0.6) is 0 Å². The molecule has 1 aromatic heterocycles. The van der Waals surface area contributed by atoms with Crippen molar-refractivity contribution in [2.45, 2.75) is 39.7 Å². The van der Waals surface area contributed by atoms with Crippen LogP contribution in [0.1, 0.15) is 36.5 Å². The van der Waals surface area contributed by atoms with Gasteiger partial charge in [-0.1, -0.05) is 36.8 Å². The number of nitrogens with one attached hydrogen (secondary N) is 1. The van der Waals surface area contributed by atoms with Crippen molar-refractivity contribution in [1.82, 2.24) is 5.32 Å². The molecule has 0 radical (unpaired) electrons. The van der Waals surface area contributed by atoms with Crippen LogP contribution in [0.25, 0.3) is 0 Å². The van der Waals surface area contributed by atoms with Crippen molar-refractivity contribution in [3.63, 3.8) is 0 Å². The van der Waals surface area contributed by atoms with Crippen molar-refractivity contribution in [3.05, 3.63) is 59.0 Å². The Labute approximate surface area is 137 Å². The molecule has 0 aliphatic heterocycles. The summed E-state index contributed by atoms with van der Waals surface area (Å²) in [5.41, 5.74) is 1.12. The molecule has 0 bridgehead atoms. The predicted molar refractivity (Wildman–Crippen MR) is 90.1 cm³/mol. The molecule has 0 aliphatic rings. The summed E-state index contributed by atoms with van der Waals surface area (Å²) in [6.45, 7) is 7.51. The fraction of sp³-hybridized carbons (Fsp3) is 0.421. The van der Waals surface area contributed by atoms with Crippen LogP contribution in [0.3, 0.4) is 0 Å². The molecule has 1 amide bonds. The Morgan fingerprint density at radius 2 is 1.87 bits per heavy atom. The number of aryl methyl sites for hydroxylation is 2. The predicted octanol–water partition coefficient (Wildman–Crippen LogP) is 3.10. The monoisotopic (exact) mass is 315 g/mol. The largest absolute Gasteiger partial charge is 0.463 e. The molecule has 2 unspecified atom stereocenters. The van der Waals surface area contributed by atoms with Crippen LogP contribution in [0.4, 0.5) is 0 Å². The molecule has 0 fully saturated rings. The molecule has 2 atom stereocenters. The van der Waals surface area contributed by atoms with Gasteiger partial charge in [0, 0.05) is 5.92 Å². The number of benzene rings is 1. The molecule has 2 N–H and O–H groups in total. The molecular weight excluding hydrogens is 290 g/mol. The Bertz CT molecular complexity index is 656. The first kappa shape index (κ1) is 17.3. The lowest BCUT2D eigenvalue weighted by molar-refractivity contribution is -0.125. The van der Waals surface area contributed by atoms with Crippen molar-refractivity contribution >= 4 is 5.91 Å². The summed E-state index contributed by atoms with van der Waals surface area (Å²) in [6.07, 6.45) is 0.675. The van der Waals surface area contributed by atoms with E-state index in [-0.39, 0.29) is 18.4 Å². The molecule has 124 valence electrons. The van der Waals surface area contributed by atoms with Crippen LogP contribution in [-0.2, 0) is 16.8 Å². The molecule has 0 aliphatic carbocycles. The molecule has 2 aromatic rings.